The first kappa shape index (κ1) is 6.12. The van der Waals surface area contributed by atoms with Crippen molar-refractivity contribution in [2.75, 3.05) is 0 Å². The monoisotopic (exact) mass is 98.0 g/mol. The van der Waals surface area contributed by atoms with Gasteiger partial charge in [0.1, 0.15) is 6.29 Å². The van der Waals surface area contributed by atoms with Gasteiger partial charge in [0.2, 0.25) is 0 Å². The molecule has 1 atom stereocenters. The molecule has 38 valence electrons. The Kier molecular flexibility index (Phi) is 2.90. The smallest absolute Gasteiger partial charge is 0.137 e. The molecule has 0 amide bonds. The molecule has 0 aliphatic carbocycles. The lowest BCUT2D eigenvalue weighted by atomic mass is 10.3. The number of hydrogen-bond acceptors (Lipinski definition) is 3. The summed E-state index contributed by atoms with van der Waals surface area (Å²) in [7, 11) is 0. The highest BCUT2D eigenvalue weighted by molar-refractivity contribution is 5.57. The van der Waals surface area contributed by atoms with Gasteiger partial charge in [0.15, 0.2) is 0 Å². The van der Waals surface area contributed by atoms with Gasteiger partial charge in [0.05, 0.1) is 18.5 Å². The van der Waals surface area contributed by atoms with Crippen LogP contribution in [0, 0.1) is 11.3 Å². The fourth-order valence-electron chi connectivity index (χ4n) is 0.154. The molecular weight excluding hydrogens is 92.1 g/mol. The predicted molar refractivity (Wildman–Crippen MR) is 24.3 cm³/mol. The summed E-state index contributed by atoms with van der Waals surface area (Å²) in [6, 6.07) is 1.17. The van der Waals surface area contributed by atoms with Gasteiger partial charge in [-0.1, -0.05) is 0 Å². The van der Waals surface area contributed by atoms with Crippen LogP contribution in [0.2, 0.25) is 0 Å². The Morgan fingerprint density at radius 2 is 2.57 bits per heavy atom. The van der Waals surface area contributed by atoms with Crippen molar-refractivity contribution >= 4 is 6.29 Å². The van der Waals surface area contributed by atoms with Gasteiger partial charge in [-0.15, -0.1) is 0 Å². The van der Waals surface area contributed by atoms with Crippen LogP contribution in [0.25, 0.3) is 0 Å². The maximum Gasteiger partial charge on any atom is 0.137 e. The molecule has 7 heavy (non-hydrogen) atoms. The van der Waals surface area contributed by atoms with Crippen molar-refractivity contribution < 1.29 is 4.79 Å². The first-order valence-corrected chi connectivity index (χ1v) is 1.89. The minimum Gasteiger partial charge on any atom is -0.321 e. The fourth-order valence-corrected chi connectivity index (χ4v) is 0.154. The standard InChI is InChI=1S/C4H6N2O/c5-2-1-4(6)3-7/h3-4H,1,6H2. The molecule has 0 saturated carbocycles. The molecule has 0 fully saturated rings. The summed E-state index contributed by atoms with van der Waals surface area (Å²) in [6.45, 7) is 0. The Labute approximate surface area is 41.7 Å². The number of hydrogen-bond donors (Lipinski definition) is 1. The SMILES string of the molecule is N#CCC(N)C=O. The zero-order chi connectivity index (χ0) is 5.70. The number of aldehydes is 1. The van der Waals surface area contributed by atoms with Crippen LogP contribution in [0.4, 0.5) is 0 Å². The Bertz CT molecular complexity index is 94.4. The molecule has 1 unspecified atom stereocenters. The van der Waals surface area contributed by atoms with Crippen LogP contribution < -0.4 is 5.73 Å². The minimum absolute atomic E-state index is 0.115. The van der Waals surface area contributed by atoms with E-state index in [1.165, 1.54) is 0 Å². The molecule has 0 heterocycles. The Hall–Kier alpha value is -0.880. The van der Waals surface area contributed by atoms with Gasteiger partial charge in [-0.3, -0.25) is 0 Å². The second-order valence-corrected chi connectivity index (χ2v) is 1.16. The quantitative estimate of drug-likeness (QED) is 0.470. The number of nitrogens with two attached hydrogens (primary N) is 1. The fraction of sp³-hybridized carbons (Fsp3) is 0.500. The van der Waals surface area contributed by atoms with E-state index in [1.54, 1.807) is 6.07 Å². The van der Waals surface area contributed by atoms with Crippen LogP contribution in [-0.2, 0) is 4.79 Å². The molecule has 2 N–H and O–H groups in total. The lowest BCUT2D eigenvalue weighted by Gasteiger charge is -1.88. The van der Waals surface area contributed by atoms with E-state index in [4.69, 9.17) is 11.0 Å². The third-order valence-electron chi connectivity index (χ3n) is 0.502. The highest BCUT2D eigenvalue weighted by atomic mass is 16.1. The molecular formula is C4H6N2O. The van der Waals surface area contributed by atoms with Crippen LogP contribution in [0.3, 0.4) is 0 Å². The van der Waals surface area contributed by atoms with Crippen molar-refractivity contribution in [3.05, 3.63) is 0 Å². The summed E-state index contributed by atoms with van der Waals surface area (Å²) in [5, 5.41) is 7.88. The summed E-state index contributed by atoms with van der Waals surface area (Å²) in [5.41, 5.74) is 4.99. The number of rotatable bonds is 2. The predicted octanol–water partition coefficient (Wildman–Crippen LogP) is -0.574. The summed E-state index contributed by atoms with van der Waals surface area (Å²) in [6.07, 6.45) is 0.673. The van der Waals surface area contributed by atoms with E-state index in [0.717, 1.165) is 0 Å². The third kappa shape index (κ3) is 2.94. The van der Waals surface area contributed by atoms with Gasteiger partial charge in [0.25, 0.3) is 0 Å². The van der Waals surface area contributed by atoms with E-state index in [0.29, 0.717) is 6.29 Å². The van der Waals surface area contributed by atoms with E-state index < -0.39 is 6.04 Å². The van der Waals surface area contributed by atoms with E-state index in [9.17, 15) is 4.79 Å². The average molecular weight is 98.1 g/mol. The maximum absolute atomic E-state index is 9.62. The van der Waals surface area contributed by atoms with Crippen molar-refractivity contribution in [2.45, 2.75) is 12.5 Å². The topological polar surface area (TPSA) is 66.9 Å². The van der Waals surface area contributed by atoms with Crippen LogP contribution in [-0.4, -0.2) is 12.3 Å². The van der Waals surface area contributed by atoms with Gasteiger partial charge in [-0.25, -0.2) is 0 Å². The van der Waals surface area contributed by atoms with Crippen molar-refractivity contribution in [1.82, 2.24) is 0 Å². The minimum atomic E-state index is -0.593. The largest absolute Gasteiger partial charge is 0.321 e. The number of nitriles is 1. The molecule has 0 spiro atoms. The Morgan fingerprint density at radius 3 is 2.71 bits per heavy atom. The van der Waals surface area contributed by atoms with E-state index >= 15 is 0 Å². The maximum atomic E-state index is 9.62. The summed E-state index contributed by atoms with van der Waals surface area (Å²) in [5.74, 6) is 0. The zero-order valence-electron chi connectivity index (χ0n) is 3.79. The van der Waals surface area contributed by atoms with Crippen LogP contribution in [0.15, 0.2) is 0 Å². The van der Waals surface area contributed by atoms with Gasteiger partial charge >= 0.3 is 0 Å². The van der Waals surface area contributed by atoms with E-state index in [2.05, 4.69) is 0 Å². The number of carbonyl (C=O) groups excluding carboxylic acids is 1. The normalized spacial score (nSPS) is 12.0. The van der Waals surface area contributed by atoms with Gasteiger partial charge < -0.3 is 10.5 Å². The second kappa shape index (κ2) is 3.32. The first-order valence-electron chi connectivity index (χ1n) is 1.89. The second-order valence-electron chi connectivity index (χ2n) is 1.16. The average Bonchev–Trinajstić information content (AvgIpc) is 1.68. The lowest BCUT2D eigenvalue weighted by Crippen LogP contribution is -2.19. The van der Waals surface area contributed by atoms with Crippen molar-refractivity contribution in [2.24, 2.45) is 5.73 Å². The van der Waals surface area contributed by atoms with E-state index in [1.807, 2.05) is 0 Å². The van der Waals surface area contributed by atoms with E-state index in [-0.39, 0.29) is 6.42 Å². The van der Waals surface area contributed by atoms with Gasteiger partial charge in [-0.2, -0.15) is 5.26 Å². The van der Waals surface area contributed by atoms with Crippen molar-refractivity contribution in [1.29, 1.82) is 5.26 Å². The highest BCUT2D eigenvalue weighted by Gasteiger charge is 1.93. The summed E-state index contributed by atoms with van der Waals surface area (Å²) < 4.78 is 0. The van der Waals surface area contributed by atoms with Crippen LogP contribution >= 0.6 is 0 Å². The summed E-state index contributed by atoms with van der Waals surface area (Å²) >= 11 is 0. The van der Waals surface area contributed by atoms with Crippen LogP contribution in [0.1, 0.15) is 6.42 Å². The van der Waals surface area contributed by atoms with Crippen molar-refractivity contribution in [3.63, 3.8) is 0 Å². The van der Waals surface area contributed by atoms with Crippen LogP contribution in [0.5, 0.6) is 0 Å². The molecule has 0 aromatic rings. The lowest BCUT2D eigenvalue weighted by molar-refractivity contribution is -0.108. The van der Waals surface area contributed by atoms with Crippen molar-refractivity contribution in [3.8, 4) is 6.07 Å². The molecule has 3 heteroatoms. The Morgan fingerprint density at radius 1 is 2.00 bits per heavy atom. The highest BCUT2D eigenvalue weighted by Crippen LogP contribution is 1.76. The van der Waals surface area contributed by atoms with Gasteiger partial charge in [0, 0.05) is 0 Å². The molecule has 0 aromatic heterocycles. The molecule has 0 bridgehead atoms. The molecule has 0 aliphatic heterocycles. The number of carbonyl (C=O) groups is 1. The molecule has 0 aromatic carbocycles. The molecule has 3 nitrogen and oxygen atoms in total. The number of nitrogens with zero attached hydrogens (tertiary/aromatic N) is 1. The summed E-state index contributed by atoms with van der Waals surface area (Å²) in [4.78, 5) is 9.62. The molecule has 0 aliphatic rings. The molecule has 0 radical (unpaired) electrons. The molecule has 0 rings (SSSR count). The first-order chi connectivity index (χ1) is 3.31. The Balaban J connectivity index is 3.21. The zero-order valence-corrected chi connectivity index (χ0v) is 3.79. The third-order valence-corrected chi connectivity index (χ3v) is 0.502. The van der Waals surface area contributed by atoms with Gasteiger partial charge in [-0.05, 0) is 0 Å². The molecule has 0 saturated heterocycles.